The Morgan fingerprint density at radius 2 is 2.25 bits per heavy atom. The topological polar surface area (TPSA) is 0 Å². The second-order valence-electron chi connectivity index (χ2n) is 1.79. The molecule has 0 aromatic carbocycles. The number of rotatable bonds is 0. The van der Waals surface area contributed by atoms with E-state index in [0.717, 1.165) is 26.3 Å². The number of allylic oxidation sites excluding steroid dienone is 1. The van der Waals surface area contributed by atoms with Crippen LogP contribution in [-0.2, 0) is 0 Å². The summed E-state index contributed by atoms with van der Waals surface area (Å²) in [6.45, 7) is 0. The first kappa shape index (κ1) is 6.89. The van der Waals surface area contributed by atoms with Crippen molar-refractivity contribution < 1.29 is 0 Å². The normalized spacial score (nSPS) is 22.0. The van der Waals surface area contributed by atoms with Crippen molar-refractivity contribution in [1.82, 2.24) is 0 Å². The molecule has 46 valence electrons. The molecule has 0 amide bonds. The quantitative estimate of drug-likeness (QED) is 0.562. The van der Waals surface area contributed by atoms with E-state index in [1.165, 1.54) is 24.6 Å². The van der Waals surface area contributed by atoms with E-state index in [4.69, 9.17) is 0 Å². The number of hydrogen-bond acceptors (Lipinski definition) is 0. The zero-order valence-electron chi connectivity index (χ0n) is 4.80. The summed E-state index contributed by atoms with van der Waals surface area (Å²) >= 11 is 1.91. The van der Waals surface area contributed by atoms with E-state index < -0.39 is 0 Å². The molecule has 0 radical (unpaired) electrons. The first-order chi connectivity index (χ1) is 4.00. The fraction of sp³-hybridized carbons (Fsp3) is 0.667. The molecule has 0 N–H and O–H groups in total. The Morgan fingerprint density at radius 1 is 1.25 bits per heavy atom. The van der Waals surface area contributed by atoms with Crippen molar-refractivity contribution in [2.45, 2.75) is 24.6 Å². The van der Waals surface area contributed by atoms with Gasteiger partial charge in [0.05, 0.1) is 0 Å². The van der Waals surface area contributed by atoms with Crippen molar-refractivity contribution in [2.75, 3.05) is 0 Å². The summed E-state index contributed by atoms with van der Waals surface area (Å²) in [4.78, 5) is 2.41. The molecule has 0 saturated carbocycles. The predicted octanol–water partition coefficient (Wildman–Crippen LogP) is 1.43. The summed E-state index contributed by atoms with van der Waals surface area (Å²) < 4.78 is 0. The van der Waals surface area contributed by atoms with Crippen LogP contribution in [0.25, 0.3) is 0 Å². The predicted molar refractivity (Wildman–Crippen MR) is 39.3 cm³/mol. The van der Waals surface area contributed by atoms with Crippen molar-refractivity contribution in [2.24, 2.45) is 0 Å². The van der Waals surface area contributed by atoms with Crippen LogP contribution in [0.3, 0.4) is 0 Å². The Morgan fingerprint density at radius 3 is 3.25 bits per heavy atom. The van der Waals surface area contributed by atoms with Crippen LogP contribution in [0.1, 0.15) is 19.3 Å². The van der Waals surface area contributed by atoms with Gasteiger partial charge in [-0.15, -0.1) is 0 Å². The molecule has 0 bridgehead atoms. The van der Waals surface area contributed by atoms with Gasteiger partial charge in [-0.25, -0.2) is 0 Å². The fourth-order valence-electron chi connectivity index (χ4n) is 0.618. The molecule has 0 aromatic rings. The summed E-state index contributed by atoms with van der Waals surface area (Å²) in [5.74, 6) is 0. The maximum absolute atomic E-state index is 2.41. The second kappa shape index (κ2) is 4.64. The van der Waals surface area contributed by atoms with E-state index in [-0.39, 0.29) is 0 Å². The van der Waals surface area contributed by atoms with E-state index >= 15 is 0 Å². The first-order valence-corrected chi connectivity index (χ1v) is 9.47. The molecule has 0 aliphatic carbocycles. The summed E-state index contributed by atoms with van der Waals surface area (Å²) in [5, 5.41) is 1.54. The van der Waals surface area contributed by atoms with Gasteiger partial charge in [-0.3, -0.25) is 0 Å². The molecule has 1 aliphatic rings. The van der Waals surface area contributed by atoms with E-state index in [2.05, 4.69) is 11.1 Å². The first-order valence-electron chi connectivity index (χ1n) is 2.93. The van der Waals surface area contributed by atoms with Crippen molar-refractivity contribution >= 4 is 26.3 Å². The van der Waals surface area contributed by atoms with Gasteiger partial charge in [0.15, 0.2) is 0 Å². The average molecular weight is 240 g/mol. The Labute approximate surface area is 62.0 Å². The fourth-order valence-corrected chi connectivity index (χ4v) is 6.16. The summed E-state index contributed by atoms with van der Waals surface area (Å²) in [7, 11) is 0. The Balaban J connectivity index is 2.17. The van der Waals surface area contributed by atoms with Crippen LogP contribution in [0, 0.1) is 0 Å². The molecule has 0 spiro atoms. The molecule has 0 fully saturated rings. The second-order valence-corrected chi connectivity index (χ2v) is 8.78. The van der Waals surface area contributed by atoms with E-state index in [1.807, 2.05) is 0 Å². The Kier molecular flexibility index (Phi) is 4.00. The van der Waals surface area contributed by atoms with Gasteiger partial charge < -0.3 is 0 Å². The van der Waals surface area contributed by atoms with Crippen molar-refractivity contribution in [3.05, 3.63) is 11.1 Å². The van der Waals surface area contributed by atoms with Crippen LogP contribution < -0.4 is 0 Å². The van der Waals surface area contributed by atoms with Gasteiger partial charge in [-0.1, -0.05) is 0 Å². The molecule has 1 rings (SSSR count). The molecule has 1 aliphatic heterocycles. The Hall–Kier alpha value is 0.779. The molecule has 0 aromatic heterocycles. The standard InChI is InChI=1S/C6H10Se2/c1-2-4-6-8-7-5-3-1/h3,5H,1-2,4,6H2. The molecule has 8 heavy (non-hydrogen) atoms. The van der Waals surface area contributed by atoms with Gasteiger partial charge >= 0.3 is 61.9 Å². The summed E-state index contributed by atoms with van der Waals surface area (Å²) in [5.41, 5.74) is 0. The van der Waals surface area contributed by atoms with E-state index in [9.17, 15) is 0 Å². The van der Waals surface area contributed by atoms with Gasteiger partial charge in [0.1, 0.15) is 0 Å². The number of hydrogen-bond donors (Lipinski definition) is 0. The van der Waals surface area contributed by atoms with Gasteiger partial charge in [-0.2, -0.15) is 0 Å². The van der Waals surface area contributed by atoms with Crippen molar-refractivity contribution in [3.63, 3.8) is 0 Å². The van der Waals surface area contributed by atoms with Gasteiger partial charge in [0.25, 0.3) is 0 Å². The Bertz CT molecular complexity index is 68.6. The van der Waals surface area contributed by atoms with Gasteiger partial charge in [0, 0.05) is 0 Å². The zero-order chi connectivity index (χ0) is 5.66. The molecule has 0 saturated heterocycles. The maximum atomic E-state index is 2.41. The average Bonchev–Trinajstić information content (AvgIpc) is 1.62. The van der Waals surface area contributed by atoms with Crippen molar-refractivity contribution in [1.29, 1.82) is 0 Å². The van der Waals surface area contributed by atoms with Crippen LogP contribution in [0.4, 0.5) is 0 Å². The van der Waals surface area contributed by atoms with Crippen LogP contribution in [0.2, 0.25) is 5.32 Å². The minimum absolute atomic E-state index is 0.910. The molecule has 1 heterocycles. The SMILES string of the molecule is C1=C[Se][Se]CCCC1. The molecule has 0 atom stereocenters. The molecule has 0 unspecified atom stereocenters. The van der Waals surface area contributed by atoms with Gasteiger partial charge in [0.2, 0.25) is 0 Å². The van der Waals surface area contributed by atoms with E-state index in [1.54, 1.807) is 0 Å². The molecule has 2 heteroatoms. The molecular weight excluding hydrogens is 230 g/mol. The minimum atomic E-state index is 0.910. The molecular formula is C6H10Se2. The van der Waals surface area contributed by atoms with Crippen LogP contribution in [0.5, 0.6) is 0 Å². The summed E-state index contributed by atoms with van der Waals surface area (Å²) in [6.07, 6.45) is 6.64. The van der Waals surface area contributed by atoms with Crippen LogP contribution in [0.15, 0.2) is 11.1 Å². The third-order valence-electron chi connectivity index (χ3n) is 1.07. The van der Waals surface area contributed by atoms with Crippen LogP contribution >= 0.6 is 0 Å². The van der Waals surface area contributed by atoms with Crippen LogP contribution in [-0.4, -0.2) is 26.3 Å². The third-order valence-corrected chi connectivity index (χ3v) is 7.46. The third kappa shape index (κ3) is 2.94. The van der Waals surface area contributed by atoms with Crippen molar-refractivity contribution in [3.8, 4) is 0 Å². The van der Waals surface area contributed by atoms with E-state index in [0.29, 0.717) is 0 Å². The van der Waals surface area contributed by atoms with Gasteiger partial charge in [-0.05, 0) is 0 Å². The zero-order valence-corrected chi connectivity index (χ0v) is 8.23. The summed E-state index contributed by atoms with van der Waals surface area (Å²) in [6, 6.07) is 0. The molecule has 0 nitrogen and oxygen atoms in total. The monoisotopic (exact) mass is 242 g/mol.